The highest BCUT2D eigenvalue weighted by Gasteiger charge is 2.26. The predicted molar refractivity (Wildman–Crippen MR) is 91.9 cm³/mol. The van der Waals surface area contributed by atoms with Crippen molar-refractivity contribution in [3.05, 3.63) is 17.8 Å². The zero-order valence-electron chi connectivity index (χ0n) is 14.1. The molecule has 0 saturated heterocycles. The fourth-order valence-electron chi connectivity index (χ4n) is 3.25. The zero-order chi connectivity index (χ0) is 17.2. The summed E-state index contributed by atoms with van der Waals surface area (Å²) in [7, 11) is 0. The molecule has 0 spiro atoms. The Morgan fingerprint density at radius 3 is 2.72 bits per heavy atom. The van der Waals surface area contributed by atoms with Crippen LogP contribution < -0.4 is 5.32 Å². The third kappa shape index (κ3) is 3.22. The van der Waals surface area contributed by atoms with Gasteiger partial charge in [0.25, 0.3) is 5.91 Å². The molecule has 130 valence electrons. The van der Waals surface area contributed by atoms with Crippen molar-refractivity contribution in [1.82, 2.24) is 14.5 Å². The fraction of sp³-hybridized carbons (Fsp3) is 0.556. The van der Waals surface area contributed by atoms with Gasteiger partial charge in [0.2, 0.25) is 5.95 Å². The number of carbonyl (C=O) groups excluding carboxylic acids is 1. The lowest BCUT2D eigenvalue weighted by molar-refractivity contribution is -0.121. The third-order valence-electron chi connectivity index (χ3n) is 5.15. The number of aromatic nitrogens is 3. The summed E-state index contributed by atoms with van der Waals surface area (Å²) in [4.78, 5) is 21.1. The van der Waals surface area contributed by atoms with E-state index in [0.717, 1.165) is 19.3 Å². The maximum atomic E-state index is 12.2. The lowest BCUT2D eigenvalue weighted by Gasteiger charge is -2.28. The molecule has 2 heterocycles. The molecule has 7 nitrogen and oxygen atoms in total. The predicted octanol–water partition coefficient (Wildman–Crippen LogP) is 2.78. The molecule has 0 bridgehead atoms. The van der Waals surface area contributed by atoms with Gasteiger partial charge in [0.05, 0.1) is 6.61 Å². The fourth-order valence-corrected chi connectivity index (χ4v) is 3.25. The van der Waals surface area contributed by atoms with E-state index < -0.39 is 0 Å². The molecular formula is C18H21N5O2. The van der Waals surface area contributed by atoms with Gasteiger partial charge in [0.15, 0.2) is 5.65 Å². The van der Waals surface area contributed by atoms with Crippen LogP contribution in [0.3, 0.4) is 0 Å². The quantitative estimate of drug-likeness (QED) is 0.873. The Bertz CT molecular complexity index is 830. The van der Waals surface area contributed by atoms with Crippen LogP contribution in [0.2, 0.25) is 0 Å². The van der Waals surface area contributed by atoms with E-state index in [-0.39, 0.29) is 18.6 Å². The Morgan fingerprint density at radius 2 is 2.08 bits per heavy atom. The molecule has 4 rings (SSSR count). The first-order chi connectivity index (χ1) is 12.2. The lowest BCUT2D eigenvalue weighted by atomic mass is 9.86. The van der Waals surface area contributed by atoms with Crippen molar-refractivity contribution in [3.8, 4) is 6.07 Å². The first-order valence-corrected chi connectivity index (χ1v) is 8.91. The van der Waals surface area contributed by atoms with Crippen molar-refractivity contribution in [2.75, 3.05) is 18.5 Å². The number of nitriles is 1. The number of amides is 1. The highest BCUT2D eigenvalue weighted by atomic mass is 16.5. The number of ether oxygens (including phenoxy) is 1. The zero-order valence-corrected chi connectivity index (χ0v) is 14.1. The number of anilines is 1. The van der Waals surface area contributed by atoms with E-state index in [1.54, 1.807) is 12.1 Å². The van der Waals surface area contributed by atoms with Gasteiger partial charge >= 0.3 is 0 Å². The van der Waals surface area contributed by atoms with Crippen LogP contribution in [0.5, 0.6) is 0 Å². The van der Waals surface area contributed by atoms with Gasteiger partial charge in [-0.1, -0.05) is 6.42 Å². The van der Waals surface area contributed by atoms with Crippen LogP contribution in [0.25, 0.3) is 11.2 Å². The minimum Gasteiger partial charge on any atom is -0.371 e. The molecule has 1 amide bonds. The molecule has 0 aromatic carbocycles. The van der Waals surface area contributed by atoms with E-state index in [2.05, 4.69) is 21.4 Å². The van der Waals surface area contributed by atoms with Crippen LogP contribution in [0.1, 0.15) is 50.3 Å². The molecule has 2 aliphatic carbocycles. The van der Waals surface area contributed by atoms with Crippen molar-refractivity contribution >= 4 is 23.0 Å². The van der Waals surface area contributed by atoms with Gasteiger partial charge in [-0.25, -0.2) is 9.97 Å². The molecule has 2 fully saturated rings. The molecule has 0 aliphatic heterocycles. The number of fused-ring (bicyclic) bond motifs is 1. The third-order valence-corrected chi connectivity index (χ3v) is 5.15. The Balaban J connectivity index is 1.51. The summed E-state index contributed by atoms with van der Waals surface area (Å²) in [6.07, 6.45) is 6.89. The van der Waals surface area contributed by atoms with E-state index >= 15 is 0 Å². The number of imidazole rings is 1. The number of nitrogens with zero attached hydrogens (tertiary/aromatic N) is 4. The summed E-state index contributed by atoms with van der Waals surface area (Å²) >= 11 is 0. The Labute approximate surface area is 146 Å². The first-order valence-electron chi connectivity index (χ1n) is 8.91. The molecule has 2 aliphatic rings. The average molecular weight is 339 g/mol. The minimum absolute atomic E-state index is 0.0429. The van der Waals surface area contributed by atoms with Crippen molar-refractivity contribution in [1.29, 1.82) is 5.26 Å². The number of pyridine rings is 1. The average Bonchev–Trinajstić information content (AvgIpc) is 2.85. The van der Waals surface area contributed by atoms with E-state index in [1.807, 2.05) is 4.57 Å². The second-order valence-corrected chi connectivity index (χ2v) is 6.90. The number of nitrogens with one attached hydrogen (secondary N) is 1. The summed E-state index contributed by atoms with van der Waals surface area (Å²) in [6, 6.07) is 5.76. The Morgan fingerprint density at radius 1 is 1.28 bits per heavy atom. The van der Waals surface area contributed by atoms with Crippen molar-refractivity contribution in [2.45, 2.75) is 44.6 Å². The summed E-state index contributed by atoms with van der Waals surface area (Å²) < 4.78 is 7.48. The first kappa shape index (κ1) is 16.0. The molecule has 2 aromatic rings. The SMILES string of the molecule is N#Cc1ccc2nc(NC(=O)COCC3CCC3)n(C3CCC3)c2n1. The smallest absolute Gasteiger partial charge is 0.252 e. The minimum atomic E-state index is -0.198. The standard InChI is InChI=1S/C18H21N5O2/c19-9-13-7-8-15-17(20-13)23(14-5-2-6-14)18(21-15)22-16(24)11-25-10-12-3-1-4-12/h7-8,12,14H,1-6,10-11H2,(H,21,22,24). The van der Waals surface area contributed by atoms with Crippen molar-refractivity contribution in [3.63, 3.8) is 0 Å². The van der Waals surface area contributed by atoms with Crippen LogP contribution in [0, 0.1) is 17.2 Å². The van der Waals surface area contributed by atoms with Gasteiger partial charge in [-0.2, -0.15) is 5.26 Å². The van der Waals surface area contributed by atoms with Crippen molar-refractivity contribution in [2.24, 2.45) is 5.92 Å². The van der Waals surface area contributed by atoms with Crippen LogP contribution in [-0.2, 0) is 9.53 Å². The number of carbonyl (C=O) groups is 1. The highest BCUT2D eigenvalue weighted by molar-refractivity contribution is 5.92. The normalized spacial score (nSPS) is 17.7. The van der Waals surface area contributed by atoms with Crippen LogP contribution in [0.15, 0.2) is 12.1 Å². The van der Waals surface area contributed by atoms with Gasteiger partial charge < -0.3 is 4.74 Å². The molecule has 0 unspecified atom stereocenters. The second-order valence-electron chi connectivity index (χ2n) is 6.90. The van der Waals surface area contributed by atoms with Crippen LogP contribution in [-0.4, -0.2) is 33.7 Å². The molecule has 0 atom stereocenters. The molecule has 1 N–H and O–H groups in total. The molecule has 25 heavy (non-hydrogen) atoms. The summed E-state index contributed by atoms with van der Waals surface area (Å²) in [6.45, 7) is 0.695. The highest BCUT2D eigenvalue weighted by Crippen LogP contribution is 2.36. The van der Waals surface area contributed by atoms with Gasteiger partial charge in [0, 0.05) is 6.04 Å². The van der Waals surface area contributed by atoms with Crippen LogP contribution in [0.4, 0.5) is 5.95 Å². The lowest BCUT2D eigenvalue weighted by Crippen LogP contribution is -2.26. The monoisotopic (exact) mass is 339 g/mol. The van der Waals surface area contributed by atoms with E-state index in [9.17, 15) is 4.79 Å². The van der Waals surface area contributed by atoms with Crippen LogP contribution >= 0.6 is 0 Å². The van der Waals surface area contributed by atoms with E-state index in [4.69, 9.17) is 10.00 Å². The molecule has 0 radical (unpaired) electrons. The van der Waals surface area contributed by atoms with Gasteiger partial charge in [0.1, 0.15) is 23.9 Å². The second kappa shape index (κ2) is 6.81. The molecule has 7 heteroatoms. The maximum absolute atomic E-state index is 12.2. The molecular weight excluding hydrogens is 318 g/mol. The van der Waals surface area contributed by atoms with E-state index in [0.29, 0.717) is 35.3 Å². The van der Waals surface area contributed by atoms with Gasteiger partial charge in [-0.05, 0) is 50.2 Å². The van der Waals surface area contributed by atoms with Gasteiger partial charge in [-0.3, -0.25) is 14.7 Å². The Hall–Kier alpha value is -2.46. The topological polar surface area (TPSA) is 92.8 Å². The maximum Gasteiger partial charge on any atom is 0.252 e. The molecule has 2 saturated carbocycles. The number of rotatable bonds is 6. The van der Waals surface area contributed by atoms with Gasteiger partial charge in [-0.15, -0.1) is 0 Å². The number of hydrogen-bond acceptors (Lipinski definition) is 5. The number of hydrogen-bond donors (Lipinski definition) is 1. The largest absolute Gasteiger partial charge is 0.371 e. The summed E-state index contributed by atoms with van der Waals surface area (Å²) in [5.41, 5.74) is 1.71. The summed E-state index contributed by atoms with van der Waals surface area (Å²) in [5, 5.41) is 11.9. The Kier molecular flexibility index (Phi) is 4.36. The van der Waals surface area contributed by atoms with Crippen molar-refractivity contribution < 1.29 is 9.53 Å². The summed E-state index contributed by atoms with van der Waals surface area (Å²) in [5.74, 6) is 0.913. The van der Waals surface area contributed by atoms with E-state index in [1.165, 1.54) is 19.3 Å². The molecule has 2 aromatic heterocycles.